The van der Waals surface area contributed by atoms with Crippen molar-refractivity contribution in [1.29, 1.82) is 0 Å². The van der Waals surface area contributed by atoms with E-state index in [-0.39, 0.29) is 11.8 Å². The van der Waals surface area contributed by atoms with Crippen LogP contribution in [-0.2, 0) is 4.74 Å². The molecule has 1 N–H and O–H groups in total. The number of benzene rings is 1. The van der Waals surface area contributed by atoms with Crippen LogP contribution in [-0.4, -0.2) is 17.1 Å². The molecule has 0 bridgehead atoms. The Kier molecular flexibility index (Phi) is 11.4. The zero-order valence-electron chi connectivity index (χ0n) is 15.7. The van der Waals surface area contributed by atoms with E-state index in [1.807, 2.05) is 13.0 Å². The molecule has 1 aromatic carbocycles. The molecule has 0 fully saturated rings. The molecule has 0 amide bonds. The second-order valence-electron chi connectivity index (χ2n) is 6.56. The van der Waals surface area contributed by atoms with Crippen molar-refractivity contribution in [3.05, 3.63) is 35.9 Å². The molecule has 0 saturated carbocycles. The van der Waals surface area contributed by atoms with E-state index in [9.17, 15) is 10.0 Å². The van der Waals surface area contributed by atoms with E-state index in [0.717, 1.165) is 19.3 Å². The first-order chi connectivity index (χ1) is 12.2. The molecule has 0 aliphatic rings. The first-order valence-corrected chi connectivity index (χ1v) is 9.72. The van der Waals surface area contributed by atoms with Gasteiger partial charge in [0.05, 0.1) is 5.56 Å². The minimum absolute atomic E-state index is 0.0160. The second-order valence-corrected chi connectivity index (χ2v) is 6.56. The normalized spacial score (nSPS) is 12.8. The Labute approximate surface area is 152 Å². The van der Waals surface area contributed by atoms with E-state index < -0.39 is 5.97 Å². The number of unbranched alkanes of at least 4 members (excludes halogenated alkanes) is 7. The molecule has 1 rings (SSSR count). The lowest BCUT2D eigenvalue weighted by Gasteiger charge is -2.16. The summed E-state index contributed by atoms with van der Waals surface area (Å²) in [6.07, 6.45) is 11.7. The SMILES string of the molecule is CCCCCCCCCCC(CC)C(=NO)OC(=O)c1ccccc1. The number of rotatable bonds is 12. The van der Waals surface area contributed by atoms with Crippen molar-refractivity contribution in [2.24, 2.45) is 11.1 Å². The maximum atomic E-state index is 12.1. The van der Waals surface area contributed by atoms with Crippen LogP contribution >= 0.6 is 0 Å². The molecule has 0 aliphatic heterocycles. The first kappa shape index (κ1) is 21.2. The molecule has 1 unspecified atom stereocenters. The summed E-state index contributed by atoms with van der Waals surface area (Å²) in [6.45, 7) is 4.26. The lowest BCUT2D eigenvalue weighted by atomic mass is 9.97. The summed E-state index contributed by atoms with van der Waals surface area (Å²) in [5.74, 6) is -0.347. The summed E-state index contributed by atoms with van der Waals surface area (Å²) >= 11 is 0. The number of hydrogen-bond donors (Lipinski definition) is 1. The third-order valence-corrected chi connectivity index (χ3v) is 4.55. The molecule has 4 heteroatoms. The number of ether oxygens (including phenoxy) is 1. The van der Waals surface area contributed by atoms with Crippen LogP contribution in [0.3, 0.4) is 0 Å². The maximum Gasteiger partial charge on any atom is 0.344 e. The second kappa shape index (κ2) is 13.5. The van der Waals surface area contributed by atoms with Crippen LogP contribution in [0.25, 0.3) is 0 Å². The molecule has 0 heterocycles. The van der Waals surface area contributed by atoms with Crippen molar-refractivity contribution >= 4 is 11.9 Å². The fourth-order valence-corrected chi connectivity index (χ4v) is 2.94. The first-order valence-electron chi connectivity index (χ1n) is 9.72. The summed E-state index contributed by atoms with van der Waals surface area (Å²) in [7, 11) is 0. The zero-order chi connectivity index (χ0) is 18.3. The quantitative estimate of drug-likeness (QED) is 0.122. The fourth-order valence-electron chi connectivity index (χ4n) is 2.94. The van der Waals surface area contributed by atoms with Gasteiger partial charge in [0.25, 0.3) is 0 Å². The third kappa shape index (κ3) is 8.71. The predicted molar refractivity (Wildman–Crippen MR) is 102 cm³/mol. The zero-order valence-corrected chi connectivity index (χ0v) is 15.7. The Balaban J connectivity index is 2.34. The molecule has 4 nitrogen and oxygen atoms in total. The smallest absolute Gasteiger partial charge is 0.344 e. The van der Waals surface area contributed by atoms with Crippen LogP contribution in [0.4, 0.5) is 0 Å². The predicted octanol–water partition coefficient (Wildman–Crippen LogP) is 6.19. The summed E-state index contributed by atoms with van der Waals surface area (Å²) < 4.78 is 5.32. The molecule has 1 aromatic rings. The maximum absolute atomic E-state index is 12.1. The molecule has 0 radical (unpaired) electrons. The van der Waals surface area contributed by atoms with Gasteiger partial charge in [-0.3, -0.25) is 0 Å². The average Bonchev–Trinajstić information content (AvgIpc) is 2.66. The highest BCUT2D eigenvalue weighted by atomic mass is 16.6. The topological polar surface area (TPSA) is 58.9 Å². The van der Waals surface area contributed by atoms with Gasteiger partial charge in [0.15, 0.2) is 0 Å². The lowest BCUT2D eigenvalue weighted by molar-refractivity contribution is 0.0690. The number of carbonyl (C=O) groups is 1. The molecular weight excluding hydrogens is 314 g/mol. The van der Waals surface area contributed by atoms with E-state index in [1.54, 1.807) is 24.3 Å². The number of hydrogen-bond acceptors (Lipinski definition) is 4. The molecule has 0 aromatic heterocycles. The van der Waals surface area contributed by atoms with Gasteiger partial charge >= 0.3 is 5.97 Å². The molecule has 1 atom stereocenters. The van der Waals surface area contributed by atoms with Crippen LogP contribution in [0.15, 0.2) is 35.5 Å². The van der Waals surface area contributed by atoms with Gasteiger partial charge in [-0.05, 0) is 25.0 Å². The number of esters is 1. The summed E-state index contributed by atoms with van der Waals surface area (Å²) in [5.41, 5.74) is 0.464. The molecule has 140 valence electrons. The van der Waals surface area contributed by atoms with Crippen molar-refractivity contribution < 1.29 is 14.7 Å². The lowest BCUT2D eigenvalue weighted by Crippen LogP contribution is -2.21. The van der Waals surface area contributed by atoms with E-state index in [0.29, 0.717) is 5.56 Å². The standard InChI is InChI=1S/C21H33NO3/c1-3-5-6-7-8-9-10-12-15-18(4-2)20(22-24)25-21(23)19-16-13-11-14-17-19/h11,13-14,16-18,24H,3-10,12,15H2,1-2H3. The Morgan fingerprint density at radius 2 is 1.60 bits per heavy atom. The van der Waals surface area contributed by atoms with Crippen molar-refractivity contribution in [1.82, 2.24) is 0 Å². The number of carbonyl (C=O) groups excluding carboxylic acids is 1. The molecule has 0 aliphatic carbocycles. The van der Waals surface area contributed by atoms with Gasteiger partial charge < -0.3 is 9.94 Å². The average molecular weight is 347 g/mol. The van der Waals surface area contributed by atoms with Crippen LogP contribution < -0.4 is 0 Å². The number of oxime groups is 1. The minimum atomic E-state index is -0.470. The monoisotopic (exact) mass is 347 g/mol. The Morgan fingerprint density at radius 1 is 1.00 bits per heavy atom. The van der Waals surface area contributed by atoms with E-state index >= 15 is 0 Å². The van der Waals surface area contributed by atoms with Gasteiger partial charge in [0.2, 0.25) is 5.90 Å². The van der Waals surface area contributed by atoms with Crippen LogP contribution in [0.2, 0.25) is 0 Å². The third-order valence-electron chi connectivity index (χ3n) is 4.55. The molecular formula is C21H33NO3. The van der Waals surface area contributed by atoms with Gasteiger partial charge in [0, 0.05) is 5.92 Å². The van der Waals surface area contributed by atoms with Gasteiger partial charge in [0.1, 0.15) is 0 Å². The Morgan fingerprint density at radius 3 is 2.16 bits per heavy atom. The molecule has 0 saturated heterocycles. The van der Waals surface area contributed by atoms with E-state index in [1.165, 1.54) is 44.9 Å². The van der Waals surface area contributed by atoms with Crippen molar-refractivity contribution in [3.63, 3.8) is 0 Å². The van der Waals surface area contributed by atoms with Crippen molar-refractivity contribution in [2.45, 2.75) is 78.1 Å². The highest BCUT2D eigenvalue weighted by Gasteiger charge is 2.20. The molecule has 0 spiro atoms. The highest BCUT2D eigenvalue weighted by molar-refractivity contribution is 5.98. The largest absolute Gasteiger partial charge is 0.408 e. The summed E-state index contributed by atoms with van der Waals surface area (Å²) in [5, 5.41) is 12.5. The summed E-state index contributed by atoms with van der Waals surface area (Å²) in [4.78, 5) is 12.1. The summed E-state index contributed by atoms with van der Waals surface area (Å²) in [6, 6.07) is 8.79. The fraction of sp³-hybridized carbons (Fsp3) is 0.619. The minimum Gasteiger partial charge on any atom is -0.408 e. The highest BCUT2D eigenvalue weighted by Crippen LogP contribution is 2.19. The van der Waals surface area contributed by atoms with Crippen LogP contribution in [0.1, 0.15) is 88.4 Å². The Bertz CT molecular complexity index is 499. The van der Waals surface area contributed by atoms with Gasteiger partial charge in [-0.25, -0.2) is 4.79 Å². The van der Waals surface area contributed by atoms with Gasteiger partial charge in [-0.2, -0.15) is 0 Å². The van der Waals surface area contributed by atoms with Gasteiger partial charge in [-0.15, -0.1) is 0 Å². The Hall–Kier alpha value is -1.84. The van der Waals surface area contributed by atoms with Crippen molar-refractivity contribution in [2.75, 3.05) is 0 Å². The van der Waals surface area contributed by atoms with E-state index in [2.05, 4.69) is 12.1 Å². The van der Waals surface area contributed by atoms with Crippen LogP contribution in [0, 0.1) is 5.92 Å². The van der Waals surface area contributed by atoms with Crippen LogP contribution in [0.5, 0.6) is 0 Å². The number of nitrogens with zero attached hydrogens (tertiary/aromatic N) is 1. The molecule has 25 heavy (non-hydrogen) atoms. The van der Waals surface area contributed by atoms with Crippen molar-refractivity contribution in [3.8, 4) is 0 Å². The van der Waals surface area contributed by atoms with Gasteiger partial charge in [-0.1, -0.05) is 88.6 Å². The van der Waals surface area contributed by atoms with E-state index in [4.69, 9.17) is 4.74 Å².